The minimum atomic E-state index is 0.251. The van der Waals surface area contributed by atoms with Crippen LogP contribution in [-0.4, -0.2) is 11.7 Å². The normalized spacial score (nSPS) is 34.9. The molecule has 0 unspecified atom stereocenters. The molecule has 2 aliphatic carbocycles. The summed E-state index contributed by atoms with van der Waals surface area (Å²) in [5, 5.41) is 9.28. The smallest absolute Gasteiger partial charge is 0.0641 e. The van der Waals surface area contributed by atoms with Gasteiger partial charge in [-0.1, -0.05) is 32.1 Å². The van der Waals surface area contributed by atoms with E-state index in [1.54, 1.807) is 0 Å². The maximum atomic E-state index is 9.28. The van der Waals surface area contributed by atoms with Crippen molar-refractivity contribution in [2.24, 2.45) is 23.7 Å². The van der Waals surface area contributed by atoms with E-state index in [2.05, 4.69) is 26.5 Å². The fourth-order valence-corrected chi connectivity index (χ4v) is 3.62. The number of hydrogen-bond acceptors (Lipinski definition) is 1. The molecule has 0 saturated heterocycles. The molecule has 1 nitrogen and oxygen atoms in total. The van der Waals surface area contributed by atoms with Gasteiger partial charge in [-0.2, -0.15) is 0 Å². The van der Waals surface area contributed by atoms with E-state index in [0.717, 1.165) is 30.6 Å². The van der Waals surface area contributed by atoms with Crippen molar-refractivity contribution in [3.8, 4) is 0 Å². The van der Waals surface area contributed by atoms with Crippen LogP contribution in [0, 0.1) is 23.7 Å². The van der Waals surface area contributed by atoms with Gasteiger partial charge in [-0.05, 0) is 54.9 Å². The quantitative estimate of drug-likeness (QED) is 0.706. The van der Waals surface area contributed by atoms with Crippen LogP contribution in [-0.2, 0) is 0 Å². The van der Waals surface area contributed by atoms with E-state index in [4.69, 9.17) is 0 Å². The molecule has 0 amide bonds. The van der Waals surface area contributed by atoms with Crippen molar-refractivity contribution in [1.29, 1.82) is 0 Å². The summed E-state index contributed by atoms with van der Waals surface area (Å²) in [6.45, 7) is 9.18. The molecule has 90 valence electrons. The zero-order valence-corrected chi connectivity index (χ0v) is 10.6. The first kappa shape index (κ1) is 11.9. The third kappa shape index (κ3) is 2.10. The summed E-state index contributed by atoms with van der Waals surface area (Å²) in [6, 6.07) is 0. The third-order valence-electron chi connectivity index (χ3n) is 4.61. The summed E-state index contributed by atoms with van der Waals surface area (Å²) in [5.41, 5.74) is 2.71. The van der Waals surface area contributed by atoms with E-state index in [1.165, 1.54) is 24.0 Å². The van der Waals surface area contributed by atoms with Crippen LogP contribution >= 0.6 is 0 Å². The lowest BCUT2D eigenvalue weighted by Gasteiger charge is -2.44. The van der Waals surface area contributed by atoms with Crippen LogP contribution in [0.1, 0.15) is 39.5 Å². The molecule has 0 aromatic carbocycles. The van der Waals surface area contributed by atoms with Crippen LogP contribution in [0.3, 0.4) is 0 Å². The van der Waals surface area contributed by atoms with E-state index in [1.807, 2.05) is 0 Å². The molecule has 0 aliphatic heterocycles. The fourth-order valence-electron chi connectivity index (χ4n) is 3.62. The highest BCUT2D eigenvalue weighted by molar-refractivity contribution is 5.19. The largest absolute Gasteiger partial charge is 0.392 e. The molecule has 1 heteroatoms. The van der Waals surface area contributed by atoms with Gasteiger partial charge in [-0.15, -0.1) is 0 Å². The fraction of sp³-hybridized carbons (Fsp3) is 0.733. The third-order valence-corrected chi connectivity index (χ3v) is 4.61. The summed E-state index contributed by atoms with van der Waals surface area (Å²) >= 11 is 0. The summed E-state index contributed by atoms with van der Waals surface area (Å²) in [4.78, 5) is 0. The minimum Gasteiger partial charge on any atom is -0.392 e. The maximum Gasteiger partial charge on any atom is 0.0641 e. The first-order valence-electron chi connectivity index (χ1n) is 6.60. The summed E-state index contributed by atoms with van der Waals surface area (Å²) < 4.78 is 0. The Hall–Kier alpha value is -0.560. The Kier molecular flexibility index (Phi) is 3.53. The molecule has 0 bridgehead atoms. The van der Waals surface area contributed by atoms with E-state index < -0.39 is 0 Å². The first-order chi connectivity index (χ1) is 7.63. The van der Waals surface area contributed by atoms with Crippen molar-refractivity contribution < 1.29 is 5.11 Å². The second-order valence-electron chi connectivity index (χ2n) is 5.84. The van der Waals surface area contributed by atoms with Gasteiger partial charge in [-0.3, -0.25) is 0 Å². The van der Waals surface area contributed by atoms with Gasteiger partial charge < -0.3 is 5.11 Å². The number of aliphatic hydroxyl groups excluding tert-OH is 1. The summed E-state index contributed by atoms with van der Waals surface area (Å²) in [5.74, 6) is 3.02. The van der Waals surface area contributed by atoms with Crippen LogP contribution in [0.15, 0.2) is 23.8 Å². The van der Waals surface area contributed by atoms with Gasteiger partial charge >= 0.3 is 0 Å². The Bertz CT molecular complexity index is 301. The summed E-state index contributed by atoms with van der Waals surface area (Å²) in [7, 11) is 0. The van der Waals surface area contributed by atoms with Gasteiger partial charge in [0.2, 0.25) is 0 Å². The molecule has 2 aliphatic rings. The van der Waals surface area contributed by atoms with Crippen molar-refractivity contribution in [2.45, 2.75) is 39.5 Å². The average molecular weight is 220 g/mol. The number of rotatable bonds is 2. The molecule has 1 N–H and O–H groups in total. The Morgan fingerprint density at radius 2 is 2.25 bits per heavy atom. The SMILES string of the molecule is C=C1CC[C@H](C(C)C)[C@@H]2CC(CO)=CC[C@@H]12. The Morgan fingerprint density at radius 1 is 1.50 bits per heavy atom. The average Bonchev–Trinajstić information content (AvgIpc) is 2.28. The van der Waals surface area contributed by atoms with Gasteiger partial charge in [-0.25, -0.2) is 0 Å². The highest BCUT2D eigenvalue weighted by atomic mass is 16.3. The van der Waals surface area contributed by atoms with Crippen LogP contribution in [0.25, 0.3) is 0 Å². The van der Waals surface area contributed by atoms with Crippen LogP contribution < -0.4 is 0 Å². The molecule has 0 aromatic heterocycles. The van der Waals surface area contributed by atoms with Crippen molar-refractivity contribution >= 4 is 0 Å². The minimum absolute atomic E-state index is 0.251. The molecule has 16 heavy (non-hydrogen) atoms. The molecule has 0 aromatic rings. The number of fused-ring (bicyclic) bond motifs is 1. The van der Waals surface area contributed by atoms with Crippen LogP contribution in [0.5, 0.6) is 0 Å². The van der Waals surface area contributed by atoms with Gasteiger partial charge in [0.1, 0.15) is 0 Å². The first-order valence-corrected chi connectivity index (χ1v) is 6.60. The van der Waals surface area contributed by atoms with Crippen LogP contribution in [0.4, 0.5) is 0 Å². The number of hydrogen-bond donors (Lipinski definition) is 1. The highest BCUT2D eigenvalue weighted by Gasteiger charge is 2.38. The molecule has 0 spiro atoms. The van der Waals surface area contributed by atoms with Crippen molar-refractivity contribution in [2.75, 3.05) is 6.61 Å². The zero-order valence-electron chi connectivity index (χ0n) is 10.6. The van der Waals surface area contributed by atoms with Gasteiger partial charge in [0.15, 0.2) is 0 Å². The number of aliphatic hydroxyl groups is 1. The molecule has 0 heterocycles. The molecule has 3 atom stereocenters. The number of allylic oxidation sites excluding steroid dienone is 2. The second kappa shape index (κ2) is 4.75. The van der Waals surface area contributed by atoms with Crippen molar-refractivity contribution in [3.05, 3.63) is 23.8 Å². The lowest BCUT2D eigenvalue weighted by molar-refractivity contribution is 0.141. The second-order valence-corrected chi connectivity index (χ2v) is 5.84. The molecule has 2 rings (SSSR count). The highest BCUT2D eigenvalue weighted by Crippen LogP contribution is 2.47. The molecule has 0 radical (unpaired) electrons. The van der Waals surface area contributed by atoms with Crippen LogP contribution in [0.2, 0.25) is 0 Å². The van der Waals surface area contributed by atoms with Gasteiger partial charge in [0.05, 0.1) is 6.61 Å². The van der Waals surface area contributed by atoms with E-state index in [9.17, 15) is 5.11 Å². The van der Waals surface area contributed by atoms with Gasteiger partial charge in [0.25, 0.3) is 0 Å². The predicted octanol–water partition coefficient (Wildman–Crippen LogP) is 3.55. The standard InChI is InChI=1S/C15H24O/c1-10(2)13-6-4-11(3)14-7-5-12(9-16)8-15(13)14/h5,10,13-16H,3-4,6-9H2,1-2H3/t13-,14+,15+/m1/s1. The lowest BCUT2D eigenvalue weighted by atomic mass is 9.61. The Morgan fingerprint density at radius 3 is 2.88 bits per heavy atom. The summed E-state index contributed by atoms with van der Waals surface area (Å²) in [6.07, 6.45) is 6.98. The van der Waals surface area contributed by atoms with E-state index in [0.29, 0.717) is 5.92 Å². The van der Waals surface area contributed by atoms with Gasteiger partial charge in [0, 0.05) is 0 Å². The maximum absolute atomic E-state index is 9.28. The monoisotopic (exact) mass is 220 g/mol. The zero-order chi connectivity index (χ0) is 11.7. The Balaban J connectivity index is 2.19. The topological polar surface area (TPSA) is 20.2 Å². The molecular weight excluding hydrogens is 196 g/mol. The van der Waals surface area contributed by atoms with E-state index in [-0.39, 0.29) is 6.61 Å². The lowest BCUT2D eigenvalue weighted by Crippen LogP contribution is -2.35. The molecule has 1 saturated carbocycles. The molecular formula is C15H24O. The molecule has 1 fully saturated rings. The predicted molar refractivity (Wildman–Crippen MR) is 68.1 cm³/mol. The Labute approximate surface area is 99.3 Å². The van der Waals surface area contributed by atoms with Crippen molar-refractivity contribution in [1.82, 2.24) is 0 Å². The van der Waals surface area contributed by atoms with E-state index >= 15 is 0 Å². The van der Waals surface area contributed by atoms with Crippen molar-refractivity contribution in [3.63, 3.8) is 0 Å².